The van der Waals surface area contributed by atoms with Crippen molar-refractivity contribution in [2.45, 2.75) is 25.9 Å². The van der Waals surface area contributed by atoms with E-state index in [2.05, 4.69) is 10.3 Å². The number of nitrogens with zero attached hydrogens (tertiary/aromatic N) is 1. The van der Waals surface area contributed by atoms with Crippen molar-refractivity contribution in [3.05, 3.63) is 42.1 Å². The van der Waals surface area contributed by atoms with Crippen LogP contribution < -0.4 is 25.3 Å². The zero-order valence-corrected chi connectivity index (χ0v) is 17.1. The molecule has 1 unspecified atom stereocenters. The smallest absolute Gasteiger partial charge is 0.221 e. The van der Waals surface area contributed by atoms with Crippen molar-refractivity contribution in [3.63, 3.8) is 0 Å². The summed E-state index contributed by atoms with van der Waals surface area (Å²) >= 11 is 0. The van der Waals surface area contributed by atoms with Crippen LogP contribution in [-0.4, -0.2) is 31.2 Å². The van der Waals surface area contributed by atoms with Gasteiger partial charge in [0.15, 0.2) is 11.5 Å². The number of aromatic nitrogens is 1. The molecular weight excluding hydrogens is 393 g/mol. The molecule has 2 aromatic rings. The fourth-order valence-electron chi connectivity index (χ4n) is 2.16. The summed E-state index contributed by atoms with van der Waals surface area (Å²) in [6.45, 7) is 2.18. The lowest BCUT2D eigenvalue weighted by molar-refractivity contribution is -0.121. The Kier molecular flexibility index (Phi) is 11.2. The second-order valence-electron chi connectivity index (χ2n) is 5.56. The molecule has 7 nitrogen and oxygen atoms in total. The van der Waals surface area contributed by atoms with E-state index in [-0.39, 0.29) is 36.8 Å². The number of hydrogen-bond acceptors (Lipinski definition) is 6. The maximum absolute atomic E-state index is 11.6. The molecule has 1 heterocycles. The summed E-state index contributed by atoms with van der Waals surface area (Å²) in [5.41, 5.74) is 6.45. The van der Waals surface area contributed by atoms with E-state index in [1.165, 1.54) is 0 Å². The maximum atomic E-state index is 11.6. The molecule has 27 heavy (non-hydrogen) atoms. The van der Waals surface area contributed by atoms with E-state index >= 15 is 0 Å². The lowest BCUT2D eigenvalue weighted by Gasteiger charge is -2.13. The molecule has 150 valence electrons. The topological polar surface area (TPSA) is 95.7 Å². The molecule has 3 N–H and O–H groups in total. The van der Waals surface area contributed by atoms with Gasteiger partial charge >= 0.3 is 0 Å². The summed E-state index contributed by atoms with van der Waals surface area (Å²) in [6.07, 6.45) is 1.94. The van der Waals surface area contributed by atoms with E-state index in [1.807, 2.05) is 12.1 Å². The normalized spacial score (nSPS) is 10.7. The highest BCUT2D eigenvalue weighted by atomic mass is 35.5. The van der Waals surface area contributed by atoms with Gasteiger partial charge in [-0.15, -0.1) is 24.8 Å². The minimum atomic E-state index is -0.162. The van der Waals surface area contributed by atoms with Crippen molar-refractivity contribution in [2.75, 3.05) is 14.2 Å². The van der Waals surface area contributed by atoms with Gasteiger partial charge in [-0.2, -0.15) is 0 Å². The molecule has 9 heteroatoms. The minimum Gasteiger partial charge on any atom is -0.493 e. The van der Waals surface area contributed by atoms with Crippen molar-refractivity contribution >= 4 is 30.7 Å². The van der Waals surface area contributed by atoms with Gasteiger partial charge in [-0.05, 0) is 24.6 Å². The monoisotopic (exact) mass is 417 g/mol. The van der Waals surface area contributed by atoms with Crippen LogP contribution >= 0.6 is 24.8 Å². The van der Waals surface area contributed by atoms with Gasteiger partial charge in [0, 0.05) is 31.3 Å². The van der Waals surface area contributed by atoms with Gasteiger partial charge in [0.1, 0.15) is 0 Å². The Morgan fingerprint density at radius 1 is 1.15 bits per heavy atom. The first-order valence-corrected chi connectivity index (χ1v) is 7.89. The number of ether oxygens (including phenoxy) is 3. The van der Waals surface area contributed by atoms with Gasteiger partial charge in [-0.3, -0.25) is 4.79 Å². The Balaban J connectivity index is 0.00000338. The summed E-state index contributed by atoms with van der Waals surface area (Å²) in [7, 11) is 3.12. The highest BCUT2D eigenvalue weighted by Crippen LogP contribution is 2.39. The Morgan fingerprint density at radius 3 is 2.26 bits per heavy atom. The molecule has 2 rings (SSSR count). The third-order valence-corrected chi connectivity index (χ3v) is 3.38. The molecule has 0 aliphatic heterocycles. The number of para-hydroxylation sites is 1. The van der Waals surface area contributed by atoms with Crippen LogP contribution in [-0.2, 0) is 11.3 Å². The zero-order valence-electron chi connectivity index (χ0n) is 15.4. The van der Waals surface area contributed by atoms with E-state index in [9.17, 15) is 4.79 Å². The fourth-order valence-corrected chi connectivity index (χ4v) is 2.16. The molecule has 0 saturated carbocycles. The van der Waals surface area contributed by atoms with Gasteiger partial charge in [0.2, 0.25) is 17.5 Å². The van der Waals surface area contributed by atoms with Crippen LogP contribution in [0, 0.1) is 0 Å². The number of methoxy groups -OCH3 is 2. The highest BCUT2D eigenvalue weighted by molar-refractivity contribution is 5.85. The molecule has 1 atom stereocenters. The second-order valence-corrected chi connectivity index (χ2v) is 5.56. The molecule has 1 amide bonds. The first-order chi connectivity index (χ1) is 12.0. The zero-order chi connectivity index (χ0) is 18.2. The number of rotatable bonds is 8. The quantitative estimate of drug-likeness (QED) is 0.684. The van der Waals surface area contributed by atoms with Crippen molar-refractivity contribution in [1.29, 1.82) is 0 Å². The Bertz CT molecular complexity index is 690. The summed E-state index contributed by atoms with van der Waals surface area (Å²) in [5.74, 6) is 1.86. The fraction of sp³-hybridized carbons (Fsp3) is 0.333. The Hall–Kier alpha value is -2.22. The van der Waals surface area contributed by atoms with Crippen molar-refractivity contribution in [3.8, 4) is 23.1 Å². The van der Waals surface area contributed by atoms with Gasteiger partial charge in [-0.25, -0.2) is 4.98 Å². The number of carbonyl (C=O) groups is 1. The molecule has 0 fully saturated rings. The summed E-state index contributed by atoms with van der Waals surface area (Å²) < 4.78 is 16.4. The third-order valence-electron chi connectivity index (χ3n) is 3.38. The number of pyridine rings is 1. The van der Waals surface area contributed by atoms with E-state index in [0.29, 0.717) is 36.1 Å². The summed E-state index contributed by atoms with van der Waals surface area (Å²) in [5, 5.41) is 2.80. The number of nitrogens with two attached hydrogens (primary N) is 1. The van der Waals surface area contributed by atoms with Crippen molar-refractivity contribution < 1.29 is 19.0 Å². The number of amides is 1. The first kappa shape index (κ1) is 24.8. The highest BCUT2D eigenvalue weighted by Gasteiger charge is 2.13. The van der Waals surface area contributed by atoms with Crippen LogP contribution in [0.3, 0.4) is 0 Å². The molecule has 0 spiro atoms. The Morgan fingerprint density at radius 2 is 1.78 bits per heavy atom. The standard InChI is InChI=1S/C18H23N3O4.2ClH/c1-12(19)9-16(22)20-10-13-7-8-17(21-11-13)25-18-14(23-2)5-4-6-15(18)24-3;;/h4-8,11-12H,9-10,19H2,1-3H3,(H,20,22);2*1H. The summed E-state index contributed by atoms with van der Waals surface area (Å²) in [6, 6.07) is 8.76. The van der Waals surface area contributed by atoms with Crippen LogP contribution in [0.1, 0.15) is 18.9 Å². The average Bonchev–Trinajstić information content (AvgIpc) is 2.60. The molecule has 1 aromatic heterocycles. The van der Waals surface area contributed by atoms with Crippen molar-refractivity contribution in [2.24, 2.45) is 5.73 Å². The predicted octanol–water partition coefficient (Wildman–Crippen LogP) is 3.09. The number of nitrogens with one attached hydrogen (secondary N) is 1. The van der Waals surface area contributed by atoms with Crippen molar-refractivity contribution in [1.82, 2.24) is 10.3 Å². The van der Waals surface area contributed by atoms with E-state index in [1.54, 1.807) is 45.5 Å². The number of hydrogen-bond donors (Lipinski definition) is 2. The second kappa shape index (κ2) is 12.2. The Labute approximate surface area is 171 Å². The van der Waals surface area contributed by atoms with Crippen LogP contribution in [0.5, 0.6) is 23.1 Å². The van der Waals surface area contributed by atoms with Crippen LogP contribution in [0.2, 0.25) is 0 Å². The van der Waals surface area contributed by atoms with Crippen LogP contribution in [0.4, 0.5) is 0 Å². The minimum absolute atomic E-state index is 0. The largest absolute Gasteiger partial charge is 0.493 e. The average molecular weight is 418 g/mol. The SMILES string of the molecule is COc1cccc(OC)c1Oc1ccc(CNC(=O)CC(C)N)cn1.Cl.Cl. The maximum Gasteiger partial charge on any atom is 0.221 e. The molecule has 0 radical (unpaired) electrons. The number of halogens is 2. The lowest BCUT2D eigenvalue weighted by atomic mass is 10.2. The predicted molar refractivity (Wildman–Crippen MR) is 108 cm³/mol. The molecule has 0 saturated heterocycles. The van der Waals surface area contributed by atoms with Gasteiger partial charge in [-0.1, -0.05) is 12.1 Å². The van der Waals surface area contributed by atoms with Gasteiger partial charge < -0.3 is 25.3 Å². The molecule has 0 bridgehead atoms. The molecular formula is C18H25Cl2N3O4. The third kappa shape index (κ3) is 7.50. The van der Waals surface area contributed by atoms with E-state index in [0.717, 1.165) is 5.56 Å². The van der Waals surface area contributed by atoms with Crippen LogP contribution in [0.15, 0.2) is 36.5 Å². The lowest BCUT2D eigenvalue weighted by Crippen LogP contribution is -2.29. The van der Waals surface area contributed by atoms with Crippen LogP contribution in [0.25, 0.3) is 0 Å². The van der Waals surface area contributed by atoms with Gasteiger partial charge in [0.05, 0.1) is 14.2 Å². The molecule has 1 aromatic carbocycles. The number of benzene rings is 1. The molecule has 0 aliphatic carbocycles. The van der Waals surface area contributed by atoms with Gasteiger partial charge in [0.25, 0.3) is 0 Å². The van der Waals surface area contributed by atoms with E-state index < -0.39 is 0 Å². The first-order valence-electron chi connectivity index (χ1n) is 7.89. The number of carbonyl (C=O) groups excluding carboxylic acids is 1. The van der Waals surface area contributed by atoms with E-state index in [4.69, 9.17) is 19.9 Å². The molecule has 0 aliphatic rings. The summed E-state index contributed by atoms with van der Waals surface area (Å²) in [4.78, 5) is 15.9.